The maximum absolute atomic E-state index is 5.53. The van der Waals surface area contributed by atoms with E-state index in [1.807, 2.05) is 19.1 Å². The van der Waals surface area contributed by atoms with Crippen LogP contribution in [0.25, 0.3) is 0 Å². The van der Waals surface area contributed by atoms with Gasteiger partial charge in [0.25, 0.3) is 0 Å². The van der Waals surface area contributed by atoms with Crippen LogP contribution in [0.1, 0.15) is 30.3 Å². The van der Waals surface area contributed by atoms with Gasteiger partial charge in [-0.1, -0.05) is 24.6 Å². The van der Waals surface area contributed by atoms with E-state index in [0.717, 1.165) is 35.7 Å². The molecule has 0 bridgehead atoms. The second-order valence-electron chi connectivity index (χ2n) is 4.85. The molecule has 0 atom stereocenters. The number of rotatable bonds is 5. The van der Waals surface area contributed by atoms with Crippen LogP contribution >= 0.6 is 0 Å². The molecule has 1 heterocycles. The number of anilines is 3. The van der Waals surface area contributed by atoms with Crippen LogP contribution < -0.4 is 16.6 Å². The van der Waals surface area contributed by atoms with Gasteiger partial charge in [-0.15, -0.1) is 0 Å². The average molecular weight is 271 g/mol. The smallest absolute Gasteiger partial charge is 0.148 e. The SMILES string of the molecule is CCCc1nc(NN)c(C)c(Nc2ccc(C)cc2)n1. The summed E-state index contributed by atoms with van der Waals surface area (Å²) in [6.45, 7) is 6.11. The van der Waals surface area contributed by atoms with Gasteiger partial charge in [0.2, 0.25) is 0 Å². The molecular formula is C15H21N5. The standard InChI is InChI=1S/C15H21N5/c1-4-5-13-18-14(11(3)15(19-13)20-16)17-12-8-6-10(2)7-9-12/h6-9H,4-5,16H2,1-3H3,(H2,17,18,19,20). The lowest BCUT2D eigenvalue weighted by Crippen LogP contribution is -2.14. The number of nitrogen functional groups attached to an aromatic ring is 1. The number of aromatic nitrogens is 2. The van der Waals surface area contributed by atoms with Crippen molar-refractivity contribution in [1.29, 1.82) is 0 Å². The zero-order valence-corrected chi connectivity index (χ0v) is 12.2. The fourth-order valence-corrected chi connectivity index (χ4v) is 1.93. The van der Waals surface area contributed by atoms with Gasteiger partial charge in [-0.3, -0.25) is 0 Å². The third kappa shape index (κ3) is 3.24. The first-order valence-electron chi connectivity index (χ1n) is 6.82. The molecule has 0 fully saturated rings. The topological polar surface area (TPSA) is 75.9 Å². The fraction of sp³-hybridized carbons (Fsp3) is 0.333. The molecule has 4 N–H and O–H groups in total. The molecule has 0 aliphatic carbocycles. The Hall–Kier alpha value is -2.14. The van der Waals surface area contributed by atoms with Gasteiger partial charge < -0.3 is 10.7 Å². The molecule has 0 saturated carbocycles. The third-order valence-corrected chi connectivity index (χ3v) is 3.12. The van der Waals surface area contributed by atoms with Crippen molar-refractivity contribution >= 4 is 17.3 Å². The summed E-state index contributed by atoms with van der Waals surface area (Å²) in [5.74, 6) is 7.78. The van der Waals surface area contributed by atoms with Crippen LogP contribution in [0.15, 0.2) is 24.3 Å². The van der Waals surface area contributed by atoms with E-state index in [2.05, 4.69) is 46.7 Å². The van der Waals surface area contributed by atoms with Gasteiger partial charge in [0.15, 0.2) is 0 Å². The van der Waals surface area contributed by atoms with Gasteiger partial charge in [-0.25, -0.2) is 15.8 Å². The van der Waals surface area contributed by atoms with Gasteiger partial charge in [0.1, 0.15) is 17.5 Å². The third-order valence-electron chi connectivity index (χ3n) is 3.12. The molecule has 0 radical (unpaired) electrons. The zero-order chi connectivity index (χ0) is 14.5. The minimum atomic E-state index is 0.665. The lowest BCUT2D eigenvalue weighted by Gasteiger charge is -2.13. The minimum Gasteiger partial charge on any atom is -0.340 e. The molecular weight excluding hydrogens is 250 g/mol. The van der Waals surface area contributed by atoms with Crippen LogP contribution in [-0.2, 0) is 6.42 Å². The summed E-state index contributed by atoms with van der Waals surface area (Å²) >= 11 is 0. The van der Waals surface area contributed by atoms with Crippen molar-refractivity contribution in [2.75, 3.05) is 10.7 Å². The molecule has 0 aliphatic heterocycles. The maximum atomic E-state index is 5.53. The van der Waals surface area contributed by atoms with E-state index in [4.69, 9.17) is 5.84 Å². The monoisotopic (exact) mass is 271 g/mol. The Morgan fingerprint density at radius 2 is 1.70 bits per heavy atom. The zero-order valence-electron chi connectivity index (χ0n) is 12.2. The van der Waals surface area contributed by atoms with Crippen LogP contribution in [0, 0.1) is 13.8 Å². The number of hydrogen-bond donors (Lipinski definition) is 3. The van der Waals surface area contributed by atoms with Crippen molar-refractivity contribution in [3.8, 4) is 0 Å². The molecule has 1 aromatic heterocycles. The highest BCUT2D eigenvalue weighted by Gasteiger charge is 2.10. The summed E-state index contributed by atoms with van der Waals surface area (Å²) in [5.41, 5.74) is 5.78. The van der Waals surface area contributed by atoms with Crippen molar-refractivity contribution in [2.24, 2.45) is 5.84 Å². The van der Waals surface area contributed by atoms with E-state index >= 15 is 0 Å². The van der Waals surface area contributed by atoms with E-state index in [0.29, 0.717) is 5.82 Å². The molecule has 5 heteroatoms. The Kier molecular flexibility index (Phi) is 4.53. The van der Waals surface area contributed by atoms with Gasteiger partial charge in [-0.05, 0) is 32.4 Å². The van der Waals surface area contributed by atoms with E-state index in [1.54, 1.807) is 0 Å². The summed E-state index contributed by atoms with van der Waals surface area (Å²) in [5, 5.41) is 3.33. The van der Waals surface area contributed by atoms with Crippen molar-refractivity contribution in [3.63, 3.8) is 0 Å². The van der Waals surface area contributed by atoms with Crippen LogP contribution in [0.2, 0.25) is 0 Å². The van der Waals surface area contributed by atoms with Gasteiger partial charge in [0, 0.05) is 17.7 Å². The highest BCUT2D eigenvalue weighted by molar-refractivity contribution is 5.64. The van der Waals surface area contributed by atoms with Crippen LogP contribution in [0.3, 0.4) is 0 Å². The van der Waals surface area contributed by atoms with E-state index in [1.165, 1.54) is 5.56 Å². The number of hydrazine groups is 1. The first kappa shape index (κ1) is 14.3. The van der Waals surface area contributed by atoms with Crippen molar-refractivity contribution in [3.05, 3.63) is 41.2 Å². The second kappa shape index (κ2) is 6.34. The maximum Gasteiger partial charge on any atom is 0.148 e. The predicted octanol–water partition coefficient (Wildman–Crippen LogP) is 3.08. The lowest BCUT2D eigenvalue weighted by atomic mass is 10.2. The summed E-state index contributed by atoms with van der Waals surface area (Å²) in [6.07, 6.45) is 1.83. The summed E-state index contributed by atoms with van der Waals surface area (Å²) in [6, 6.07) is 8.19. The first-order valence-corrected chi connectivity index (χ1v) is 6.82. The number of benzene rings is 1. The van der Waals surface area contributed by atoms with E-state index < -0.39 is 0 Å². The molecule has 0 spiro atoms. The average Bonchev–Trinajstić information content (AvgIpc) is 2.45. The van der Waals surface area contributed by atoms with Crippen molar-refractivity contribution in [2.45, 2.75) is 33.6 Å². The largest absolute Gasteiger partial charge is 0.340 e. The lowest BCUT2D eigenvalue weighted by molar-refractivity contribution is 0.833. The summed E-state index contributed by atoms with van der Waals surface area (Å²) in [7, 11) is 0. The Morgan fingerprint density at radius 3 is 2.30 bits per heavy atom. The molecule has 0 saturated heterocycles. The molecule has 0 unspecified atom stereocenters. The van der Waals surface area contributed by atoms with Crippen LogP contribution in [-0.4, -0.2) is 9.97 Å². The number of hydrogen-bond acceptors (Lipinski definition) is 5. The summed E-state index contributed by atoms with van der Waals surface area (Å²) in [4.78, 5) is 8.98. The fourth-order valence-electron chi connectivity index (χ4n) is 1.93. The molecule has 20 heavy (non-hydrogen) atoms. The Balaban J connectivity index is 2.33. The number of nitrogens with two attached hydrogens (primary N) is 1. The quantitative estimate of drug-likeness (QED) is 0.575. The number of nitrogens with one attached hydrogen (secondary N) is 2. The van der Waals surface area contributed by atoms with Gasteiger partial charge >= 0.3 is 0 Å². The van der Waals surface area contributed by atoms with Gasteiger partial charge in [0.05, 0.1) is 0 Å². The molecule has 1 aromatic carbocycles. The second-order valence-corrected chi connectivity index (χ2v) is 4.85. The van der Waals surface area contributed by atoms with Gasteiger partial charge in [-0.2, -0.15) is 0 Å². The first-order chi connectivity index (χ1) is 9.63. The molecule has 2 rings (SSSR count). The predicted molar refractivity (Wildman–Crippen MR) is 83.0 cm³/mol. The highest BCUT2D eigenvalue weighted by Crippen LogP contribution is 2.23. The minimum absolute atomic E-state index is 0.665. The number of nitrogens with zero attached hydrogens (tertiary/aromatic N) is 2. The molecule has 106 valence electrons. The van der Waals surface area contributed by atoms with E-state index in [9.17, 15) is 0 Å². The number of aryl methyl sites for hydroxylation is 2. The Morgan fingerprint density at radius 1 is 1.05 bits per heavy atom. The Bertz CT molecular complexity index is 578. The van der Waals surface area contributed by atoms with Crippen LogP contribution in [0.4, 0.5) is 17.3 Å². The highest BCUT2D eigenvalue weighted by atomic mass is 15.3. The Labute approximate surface area is 119 Å². The van der Waals surface area contributed by atoms with Crippen molar-refractivity contribution in [1.82, 2.24) is 9.97 Å². The van der Waals surface area contributed by atoms with Crippen LogP contribution in [0.5, 0.6) is 0 Å². The van der Waals surface area contributed by atoms with Crippen molar-refractivity contribution < 1.29 is 0 Å². The van der Waals surface area contributed by atoms with E-state index in [-0.39, 0.29) is 0 Å². The molecule has 5 nitrogen and oxygen atoms in total. The molecule has 0 amide bonds. The molecule has 2 aromatic rings. The normalized spacial score (nSPS) is 10.4. The molecule has 0 aliphatic rings. The summed E-state index contributed by atoms with van der Waals surface area (Å²) < 4.78 is 0.